The van der Waals surface area contributed by atoms with Gasteiger partial charge in [-0.25, -0.2) is 8.78 Å². The summed E-state index contributed by atoms with van der Waals surface area (Å²) in [6.07, 6.45) is 0. The minimum Gasteiger partial charge on any atom is -0.289 e. The molecule has 37 heavy (non-hydrogen) atoms. The van der Waals surface area contributed by atoms with Crippen molar-refractivity contribution in [1.29, 1.82) is 0 Å². The number of rotatable bonds is 7. The van der Waals surface area contributed by atoms with Gasteiger partial charge in [0.15, 0.2) is 20.5 Å². The van der Waals surface area contributed by atoms with Crippen LogP contribution in [0.15, 0.2) is 146 Å². The molecule has 5 aromatic rings. The van der Waals surface area contributed by atoms with Crippen LogP contribution in [0.4, 0.5) is 8.78 Å². The van der Waals surface area contributed by atoms with Gasteiger partial charge in [0.05, 0.1) is 15.9 Å². The van der Waals surface area contributed by atoms with Gasteiger partial charge in [-0.1, -0.05) is 53.7 Å². The molecular formula is C31H20ClF2OS2+. The Morgan fingerprint density at radius 1 is 0.622 bits per heavy atom. The topological polar surface area (TPSA) is 17.1 Å². The summed E-state index contributed by atoms with van der Waals surface area (Å²) < 4.78 is 27.2. The van der Waals surface area contributed by atoms with Crippen LogP contribution in [-0.2, 0) is 10.9 Å². The lowest BCUT2D eigenvalue weighted by molar-refractivity contribution is 0.103. The number of benzene rings is 5. The predicted octanol–water partition coefficient (Wildman–Crippen LogP) is 9.10. The van der Waals surface area contributed by atoms with E-state index in [1.54, 1.807) is 42.5 Å². The highest BCUT2D eigenvalue weighted by molar-refractivity contribution is 7.99. The summed E-state index contributed by atoms with van der Waals surface area (Å²) in [6, 6.07) is 35.5. The van der Waals surface area contributed by atoms with Gasteiger partial charge in [0.1, 0.15) is 11.6 Å². The molecule has 0 N–H and O–H groups in total. The van der Waals surface area contributed by atoms with Crippen LogP contribution in [0.3, 0.4) is 0 Å². The Bertz CT molecular complexity index is 1480. The fraction of sp³-hybridized carbons (Fsp3) is 0. The largest absolute Gasteiger partial charge is 0.289 e. The molecule has 5 rings (SSSR count). The second kappa shape index (κ2) is 11.3. The van der Waals surface area contributed by atoms with E-state index in [0.717, 1.165) is 24.5 Å². The molecule has 182 valence electrons. The molecular weight excluding hydrogens is 526 g/mol. The lowest BCUT2D eigenvalue weighted by Crippen LogP contribution is -2.05. The molecule has 0 aliphatic rings. The third kappa shape index (κ3) is 5.96. The van der Waals surface area contributed by atoms with E-state index in [1.165, 1.54) is 36.0 Å². The lowest BCUT2D eigenvalue weighted by atomic mass is 10.0. The molecule has 0 saturated heterocycles. The second-order valence-corrected chi connectivity index (χ2v) is 11.7. The highest BCUT2D eigenvalue weighted by Crippen LogP contribution is 2.35. The molecule has 0 fully saturated rings. The molecule has 0 amide bonds. The molecule has 0 unspecified atom stereocenters. The van der Waals surface area contributed by atoms with Gasteiger partial charge in [0.25, 0.3) is 0 Å². The Kier molecular flexibility index (Phi) is 7.75. The molecule has 0 bridgehead atoms. The van der Waals surface area contributed by atoms with E-state index in [1.807, 2.05) is 54.6 Å². The number of ketones is 1. The number of hydrogen-bond donors (Lipinski definition) is 0. The summed E-state index contributed by atoms with van der Waals surface area (Å²) in [4.78, 5) is 17.8. The lowest BCUT2D eigenvalue weighted by Gasteiger charge is -2.10. The first-order valence-corrected chi connectivity index (χ1v) is 13.8. The van der Waals surface area contributed by atoms with Crippen molar-refractivity contribution in [3.8, 4) is 0 Å². The predicted molar refractivity (Wildman–Crippen MR) is 147 cm³/mol. The van der Waals surface area contributed by atoms with Crippen molar-refractivity contribution in [3.05, 3.63) is 149 Å². The van der Waals surface area contributed by atoms with Crippen LogP contribution in [0.2, 0.25) is 5.02 Å². The maximum atomic E-state index is 13.6. The van der Waals surface area contributed by atoms with Gasteiger partial charge in [0, 0.05) is 20.9 Å². The summed E-state index contributed by atoms with van der Waals surface area (Å²) in [5.41, 5.74) is 1.05. The Morgan fingerprint density at radius 2 is 1.11 bits per heavy atom. The van der Waals surface area contributed by atoms with Crippen LogP contribution in [0.5, 0.6) is 0 Å². The summed E-state index contributed by atoms with van der Waals surface area (Å²) in [7, 11) is -0.525. The van der Waals surface area contributed by atoms with Crippen molar-refractivity contribution in [3.63, 3.8) is 0 Å². The van der Waals surface area contributed by atoms with Crippen molar-refractivity contribution in [2.45, 2.75) is 24.5 Å². The molecule has 0 heterocycles. The summed E-state index contributed by atoms with van der Waals surface area (Å²) in [5, 5.41) is 0.413. The van der Waals surface area contributed by atoms with Crippen LogP contribution in [0, 0.1) is 11.6 Å². The average Bonchev–Trinajstić information content (AvgIpc) is 2.93. The van der Waals surface area contributed by atoms with Crippen LogP contribution >= 0.6 is 23.4 Å². The number of halogens is 3. The van der Waals surface area contributed by atoms with Crippen molar-refractivity contribution >= 4 is 40.0 Å². The van der Waals surface area contributed by atoms with Crippen LogP contribution in [0.1, 0.15) is 15.9 Å². The van der Waals surface area contributed by atoms with E-state index < -0.39 is 10.9 Å². The molecule has 0 aliphatic heterocycles. The van der Waals surface area contributed by atoms with Crippen LogP contribution in [0.25, 0.3) is 0 Å². The summed E-state index contributed by atoms with van der Waals surface area (Å²) >= 11 is 7.89. The van der Waals surface area contributed by atoms with Gasteiger partial charge in [-0.3, -0.25) is 4.79 Å². The van der Waals surface area contributed by atoms with Crippen molar-refractivity contribution < 1.29 is 13.6 Å². The molecule has 0 aromatic heterocycles. The van der Waals surface area contributed by atoms with E-state index >= 15 is 0 Å². The maximum Gasteiger partial charge on any atom is 0.194 e. The molecule has 0 spiro atoms. The summed E-state index contributed by atoms with van der Waals surface area (Å²) in [6.45, 7) is 0. The van der Waals surface area contributed by atoms with Gasteiger partial charge in [-0.05, 0) is 91.0 Å². The third-order valence-electron chi connectivity index (χ3n) is 5.61. The standard InChI is InChI=1S/C31H20ClF2OS2/c32-30-19-12-25(20-29(30)31(35)21-4-2-1-3-5-21)36-24-10-17-28(18-11-24)37(26-13-6-22(33)7-14-26)27-15-8-23(34)9-16-27/h1-20H/q+1. The molecule has 1 nitrogen and oxygen atoms in total. The molecule has 5 aromatic carbocycles. The average molecular weight is 546 g/mol. The minimum atomic E-state index is -0.525. The zero-order valence-electron chi connectivity index (χ0n) is 19.4. The van der Waals surface area contributed by atoms with E-state index in [2.05, 4.69) is 0 Å². The minimum absolute atomic E-state index is 0.119. The van der Waals surface area contributed by atoms with Crippen molar-refractivity contribution in [1.82, 2.24) is 0 Å². The van der Waals surface area contributed by atoms with Crippen molar-refractivity contribution in [2.24, 2.45) is 0 Å². The Balaban J connectivity index is 1.42. The van der Waals surface area contributed by atoms with Gasteiger partial charge >= 0.3 is 0 Å². The smallest absolute Gasteiger partial charge is 0.194 e. The zero-order chi connectivity index (χ0) is 25.8. The molecule has 0 radical (unpaired) electrons. The fourth-order valence-corrected chi connectivity index (χ4v) is 6.92. The quantitative estimate of drug-likeness (QED) is 0.150. The number of hydrogen-bond acceptors (Lipinski definition) is 2. The Labute approximate surface area is 226 Å². The first kappa shape index (κ1) is 25.3. The van der Waals surface area contributed by atoms with E-state index in [-0.39, 0.29) is 17.4 Å². The molecule has 6 heteroatoms. The first-order valence-electron chi connectivity index (χ1n) is 11.4. The van der Waals surface area contributed by atoms with E-state index in [4.69, 9.17) is 11.6 Å². The normalized spacial score (nSPS) is 11.0. The zero-order valence-corrected chi connectivity index (χ0v) is 21.8. The molecule has 0 atom stereocenters. The Hall–Kier alpha value is -3.38. The maximum absolute atomic E-state index is 13.6. The van der Waals surface area contributed by atoms with E-state index in [9.17, 15) is 13.6 Å². The summed E-state index contributed by atoms with van der Waals surface area (Å²) in [5.74, 6) is -0.719. The van der Waals surface area contributed by atoms with Gasteiger partial charge in [-0.15, -0.1) is 0 Å². The number of carbonyl (C=O) groups is 1. The van der Waals surface area contributed by atoms with E-state index in [0.29, 0.717) is 16.1 Å². The Morgan fingerprint density at radius 3 is 1.65 bits per heavy atom. The van der Waals surface area contributed by atoms with Crippen LogP contribution < -0.4 is 0 Å². The highest BCUT2D eigenvalue weighted by atomic mass is 35.5. The number of carbonyl (C=O) groups excluding carboxylic acids is 1. The fourth-order valence-electron chi connectivity index (χ4n) is 3.82. The second-order valence-electron chi connectivity index (χ2n) is 8.12. The monoisotopic (exact) mass is 545 g/mol. The first-order chi connectivity index (χ1) is 18.0. The van der Waals surface area contributed by atoms with Crippen molar-refractivity contribution in [2.75, 3.05) is 0 Å². The van der Waals surface area contributed by atoms with Gasteiger partial charge in [-0.2, -0.15) is 0 Å². The molecule has 0 aliphatic carbocycles. The third-order valence-corrected chi connectivity index (χ3v) is 9.17. The van der Waals surface area contributed by atoms with Gasteiger partial charge in [0.2, 0.25) is 0 Å². The highest BCUT2D eigenvalue weighted by Gasteiger charge is 2.28. The van der Waals surface area contributed by atoms with Gasteiger partial charge < -0.3 is 0 Å². The molecule has 0 saturated carbocycles. The van der Waals surface area contributed by atoms with Crippen LogP contribution in [-0.4, -0.2) is 5.78 Å². The SMILES string of the molecule is O=C(c1ccccc1)c1cc(Sc2ccc([S+](c3ccc(F)cc3)c3ccc(F)cc3)cc2)ccc1Cl.